The Labute approximate surface area is 186 Å². The van der Waals surface area contributed by atoms with Crippen LogP contribution in [0.5, 0.6) is 0 Å². The lowest BCUT2D eigenvalue weighted by molar-refractivity contribution is -0.142. The molecule has 1 aromatic heterocycles. The third-order valence-corrected chi connectivity index (χ3v) is 6.55. The van der Waals surface area contributed by atoms with Crippen LogP contribution >= 0.6 is 11.3 Å². The van der Waals surface area contributed by atoms with E-state index in [1.165, 1.54) is 4.90 Å². The van der Waals surface area contributed by atoms with E-state index in [1.807, 2.05) is 57.5 Å². The molecule has 2 amide bonds. The molecule has 31 heavy (non-hydrogen) atoms. The molecular formula is C22H31N5O3S. The molecule has 0 radical (unpaired) electrons. The van der Waals surface area contributed by atoms with Crippen molar-refractivity contribution in [2.45, 2.75) is 58.8 Å². The van der Waals surface area contributed by atoms with E-state index in [0.717, 1.165) is 21.7 Å². The van der Waals surface area contributed by atoms with E-state index < -0.39 is 23.6 Å². The van der Waals surface area contributed by atoms with E-state index in [1.54, 1.807) is 11.3 Å². The maximum Gasteiger partial charge on any atom is 0.243 e. The van der Waals surface area contributed by atoms with Gasteiger partial charge >= 0.3 is 0 Å². The van der Waals surface area contributed by atoms with Crippen molar-refractivity contribution in [1.82, 2.24) is 20.6 Å². The van der Waals surface area contributed by atoms with Crippen LogP contribution in [0, 0.1) is 12.3 Å². The van der Waals surface area contributed by atoms with Crippen molar-refractivity contribution in [3.05, 3.63) is 41.0 Å². The number of β-amino-alcohol motifs (C(OH)–C–C–N with tert-alkyl or cyclic N) is 1. The predicted octanol–water partition coefficient (Wildman–Crippen LogP) is 1.57. The van der Waals surface area contributed by atoms with Gasteiger partial charge in [-0.3, -0.25) is 15.4 Å². The third kappa shape index (κ3) is 5.30. The summed E-state index contributed by atoms with van der Waals surface area (Å²) in [5.74, 6) is 5.05. The Morgan fingerprint density at radius 1 is 1.32 bits per heavy atom. The fraction of sp³-hybridized carbons (Fsp3) is 0.500. The number of aliphatic hydroxyl groups is 1. The highest BCUT2D eigenvalue weighted by atomic mass is 32.1. The zero-order valence-corrected chi connectivity index (χ0v) is 19.2. The molecule has 2 heterocycles. The van der Waals surface area contributed by atoms with E-state index in [-0.39, 0.29) is 24.8 Å². The van der Waals surface area contributed by atoms with Crippen molar-refractivity contribution >= 4 is 23.2 Å². The van der Waals surface area contributed by atoms with Gasteiger partial charge in [0.1, 0.15) is 12.1 Å². The molecule has 8 nitrogen and oxygen atoms in total. The maximum absolute atomic E-state index is 13.0. The number of aryl methyl sites for hydroxylation is 1. The Bertz CT molecular complexity index is 922. The average molecular weight is 446 g/mol. The minimum absolute atomic E-state index is 0.119. The Balaban J connectivity index is 1.65. The van der Waals surface area contributed by atoms with Crippen LogP contribution in [0.2, 0.25) is 0 Å². The number of carbonyl (C=O) groups excluding carboxylic acids is 2. The molecule has 2 aromatic rings. The lowest BCUT2D eigenvalue weighted by Gasteiger charge is -2.34. The number of benzene rings is 1. The smallest absolute Gasteiger partial charge is 0.243 e. The van der Waals surface area contributed by atoms with Gasteiger partial charge < -0.3 is 15.3 Å². The zero-order valence-electron chi connectivity index (χ0n) is 18.4. The van der Waals surface area contributed by atoms with Crippen molar-refractivity contribution in [2.24, 2.45) is 11.3 Å². The van der Waals surface area contributed by atoms with Crippen LogP contribution in [0.3, 0.4) is 0 Å². The van der Waals surface area contributed by atoms with Crippen LogP contribution in [-0.2, 0) is 16.1 Å². The molecule has 9 heteroatoms. The summed E-state index contributed by atoms with van der Waals surface area (Å²) in [6.45, 7) is 8.13. The van der Waals surface area contributed by atoms with Crippen LogP contribution in [0.25, 0.3) is 10.4 Å². The molecule has 3 atom stereocenters. The number of amides is 2. The molecule has 0 saturated carbocycles. The first-order valence-corrected chi connectivity index (χ1v) is 11.2. The Kier molecular flexibility index (Phi) is 7.10. The normalized spacial score (nSPS) is 20.0. The molecule has 168 valence electrons. The predicted molar refractivity (Wildman–Crippen MR) is 121 cm³/mol. The summed E-state index contributed by atoms with van der Waals surface area (Å²) in [6.07, 6.45) is -0.525. The second-order valence-electron chi connectivity index (χ2n) is 9.04. The lowest BCUT2D eigenvalue weighted by Crippen LogP contribution is -2.58. The first kappa shape index (κ1) is 23.3. The molecular weight excluding hydrogens is 414 g/mol. The summed E-state index contributed by atoms with van der Waals surface area (Å²) >= 11 is 1.60. The van der Waals surface area contributed by atoms with Gasteiger partial charge in [-0.15, -0.1) is 11.3 Å². The van der Waals surface area contributed by atoms with Crippen LogP contribution in [0.1, 0.15) is 38.4 Å². The van der Waals surface area contributed by atoms with Gasteiger partial charge in [-0.05, 0) is 23.5 Å². The van der Waals surface area contributed by atoms with Crippen molar-refractivity contribution < 1.29 is 14.7 Å². The molecule has 3 rings (SSSR count). The number of carbonyl (C=O) groups is 2. The van der Waals surface area contributed by atoms with E-state index in [0.29, 0.717) is 6.54 Å². The fourth-order valence-electron chi connectivity index (χ4n) is 3.82. The van der Waals surface area contributed by atoms with Gasteiger partial charge in [0, 0.05) is 19.5 Å². The van der Waals surface area contributed by atoms with E-state index >= 15 is 0 Å². The highest BCUT2D eigenvalue weighted by Gasteiger charge is 2.43. The summed E-state index contributed by atoms with van der Waals surface area (Å²) in [7, 11) is 0. The van der Waals surface area contributed by atoms with Gasteiger partial charge in [0.2, 0.25) is 11.8 Å². The molecule has 1 saturated heterocycles. The van der Waals surface area contributed by atoms with Crippen molar-refractivity contribution in [1.29, 1.82) is 0 Å². The first-order chi connectivity index (χ1) is 14.6. The average Bonchev–Trinajstić information content (AvgIpc) is 3.31. The fourth-order valence-corrected chi connectivity index (χ4v) is 4.64. The molecule has 1 aliphatic rings. The number of thiazole rings is 1. The number of rotatable bonds is 6. The second-order valence-corrected chi connectivity index (χ2v) is 9.90. The van der Waals surface area contributed by atoms with Crippen LogP contribution in [0.4, 0.5) is 0 Å². The summed E-state index contributed by atoms with van der Waals surface area (Å²) in [4.78, 5) is 32.7. The molecule has 1 aliphatic heterocycles. The number of nitrogens with one attached hydrogen (secondary N) is 2. The molecule has 1 aromatic carbocycles. The van der Waals surface area contributed by atoms with Crippen LogP contribution in [0.15, 0.2) is 29.8 Å². The minimum atomic E-state index is -0.736. The number of likely N-dealkylation sites (tertiary alicyclic amines) is 1. The number of hydrogen-bond acceptors (Lipinski definition) is 7. The number of nitrogens with zero attached hydrogens (tertiary/aromatic N) is 2. The number of aliphatic hydroxyl groups excluding tert-OH is 1. The van der Waals surface area contributed by atoms with Gasteiger partial charge in [0.05, 0.1) is 22.2 Å². The summed E-state index contributed by atoms with van der Waals surface area (Å²) < 4.78 is 0. The highest BCUT2D eigenvalue weighted by Crippen LogP contribution is 2.28. The number of aromatic nitrogens is 1. The van der Waals surface area contributed by atoms with Crippen molar-refractivity contribution in [3.63, 3.8) is 0 Å². The molecule has 0 aliphatic carbocycles. The summed E-state index contributed by atoms with van der Waals surface area (Å²) in [6, 6.07) is 6.58. The molecule has 5 N–H and O–H groups in total. The first-order valence-electron chi connectivity index (χ1n) is 10.3. The second kappa shape index (κ2) is 9.44. The topological polar surface area (TPSA) is 121 Å². The third-order valence-electron chi connectivity index (χ3n) is 5.57. The van der Waals surface area contributed by atoms with Gasteiger partial charge in [0.15, 0.2) is 0 Å². The van der Waals surface area contributed by atoms with Gasteiger partial charge in [-0.25, -0.2) is 10.4 Å². The number of hydrogen-bond donors (Lipinski definition) is 4. The monoisotopic (exact) mass is 445 g/mol. The highest BCUT2D eigenvalue weighted by molar-refractivity contribution is 7.13. The van der Waals surface area contributed by atoms with Gasteiger partial charge in [0.25, 0.3) is 0 Å². The minimum Gasteiger partial charge on any atom is -0.391 e. The number of nitrogens with two attached hydrogens (primary N) is 1. The van der Waals surface area contributed by atoms with Crippen LogP contribution < -0.4 is 16.6 Å². The van der Waals surface area contributed by atoms with Gasteiger partial charge in [-0.1, -0.05) is 45.0 Å². The van der Waals surface area contributed by atoms with Crippen molar-refractivity contribution in [3.8, 4) is 10.4 Å². The zero-order chi connectivity index (χ0) is 22.8. The lowest BCUT2D eigenvalue weighted by atomic mass is 9.86. The van der Waals surface area contributed by atoms with Gasteiger partial charge in [-0.2, -0.15) is 0 Å². The largest absolute Gasteiger partial charge is 0.391 e. The van der Waals surface area contributed by atoms with E-state index in [2.05, 4.69) is 15.7 Å². The number of hydrazine groups is 1. The summed E-state index contributed by atoms with van der Waals surface area (Å²) in [5, 5.41) is 13.0. The Hall–Kier alpha value is -2.33. The van der Waals surface area contributed by atoms with Crippen molar-refractivity contribution in [2.75, 3.05) is 6.54 Å². The van der Waals surface area contributed by atoms with Crippen LogP contribution in [-0.4, -0.2) is 51.5 Å². The Morgan fingerprint density at radius 3 is 2.55 bits per heavy atom. The maximum atomic E-state index is 13.0. The SMILES string of the molecule is Cc1ncsc1-c1ccc(CNC(=O)[C@@H]2C[C@@H](O)CN2C(=O)[C@@H](NN)C(C)(C)C)cc1. The Morgan fingerprint density at radius 2 is 2.00 bits per heavy atom. The van der Waals surface area contributed by atoms with E-state index in [4.69, 9.17) is 5.84 Å². The standard InChI is InChI=1S/C22H31N5O3S/c1-13-18(31-12-25-13)15-7-5-14(6-8-15)10-24-20(29)17-9-16(28)11-27(17)21(30)19(26-23)22(2,3)4/h5-8,12,16-17,19,26,28H,9-11,23H2,1-4H3,(H,24,29)/t16-,17+,19-/m1/s1. The van der Waals surface area contributed by atoms with E-state index in [9.17, 15) is 14.7 Å². The summed E-state index contributed by atoms with van der Waals surface area (Å²) in [5.41, 5.74) is 7.00. The quantitative estimate of drug-likeness (QED) is 0.396. The molecule has 0 bridgehead atoms. The molecule has 1 fully saturated rings. The molecule has 0 spiro atoms. The molecule has 0 unspecified atom stereocenters.